The molecule has 2 N–H and O–H groups in total. The van der Waals surface area contributed by atoms with Crippen LogP contribution in [0.2, 0.25) is 0 Å². The van der Waals surface area contributed by atoms with Gasteiger partial charge in [0.1, 0.15) is 0 Å². The van der Waals surface area contributed by atoms with Crippen molar-refractivity contribution >= 4 is 17.0 Å². The molecule has 0 atom stereocenters. The van der Waals surface area contributed by atoms with Crippen LogP contribution in [-0.2, 0) is 4.74 Å². The first-order chi connectivity index (χ1) is 4.41. The number of rotatable bonds is 6. The van der Waals surface area contributed by atoms with E-state index < -0.39 is 0 Å². The summed E-state index contributed by atoms with van der Waals surface area (Å²) in [6, 6.07) is 0. The maximum Gasteiger partial charge on any atom is 0.0478 e. The molecule has 0 fully saturated rings. The second kappa shape index (κ2) is 12.1. The molecule has 0 saturated carbocycles. The van der Waals surface area contributed by atoms with Crippen molar-refractivity contribution in [3.05, 3.63) is 0 Å². The van der Waals surface area contributed by atoms with Crippen molar-refractivity contribution in [3.8, 4) is 0 Å². The third-order valence-electron chi connectivity index (χ3n) is 1.14. The highest BCUT2D eigenvalue weighted by Crippen LogP contribution is 1.88. The number of halogens is 1. The van der Waals surface area contributed by atoms with Crippen LogP contribution in [0, 0.1) is 0 Å². The summed E-state index contributed by atoms with van der Waals surface area (Å²) < 4.78 is 5.23. The average Bonchev–Trinajstić information content (AvgIpc) is 1.89. The van der Waals surface area contributed by atoms with Gasteiger partial charge in [0.25, 0.3) is 0 Å². The smallest absolute Gasteiger partial charge is 0.0478 e. The van der Waals surface area contributed by atoms with Crippen molar-refractivity contribution in [1.82, 2.24) is 0 Å². The van der Waals surface area contributed by atoms with Gasteiger partial charge in [0.2, 0.25) is 0 Å². The first kappa shape index (κ1) is 13.0. The number of hydrogen-bond donors (Lipinski definition) is 1. The Labute approximate surface area is 73.9 Å². The zero-order valence-electron chi connectivity index (χ0n) is 6.64. The molecular formula is C7H18BrNO. The van der Waals surface area contributed by atoms with Gasteiger partial charge < -0.3 is 10.5 Å². The van der Waals surface area contributed by atoms with Gasteiger partial charge in [-0.1, -0.05) is 13.3 Å². The summed E-state index contributed by atoms with van der Waals surface area (Å²) in [6.45, 7) is 4.63. The molecule has 64 valence electrons. The second-order valence-electron chi connectivity index (χ2n) is 2.11. The molecule has 0 amide bonds. The first-order valence-corrected chi connectivity index (χ1v) is 3.69. The molecule has 10 heavy (non-hydrogen) atoms. The molecule has 0 aromatic rings. The van der Waals surface area contributed by atoms with Crippen LogP contribution < -0.4 is 5.73 Å². The normalized spacial score (nSPS) is 9.00. The molecule has 0 spiro atoms. The van der Waals surface area contributed by atoms with E-state index in [0.717, 1.165) is 26.2 Å². The Morgan fingerprint density at radius 2 is 1.80 bits per heavy atom. The molecule has 0 aromatic heterocycles. The molecule has 0 aliphatic carbocycles. The number of hydrogen-bond acceptors (Lipinski definition) is 2. The van der Waals surface area contributed by atoms with E-state index in [4.69, 9.17) is 10.5 Å². The Bertz CT molecular complexity index is 46.9. The van der Waals surface area contributed by atoms with Crippen LogP contribution in [0.3, 0.4) is 0 Å². The fourth-order valence-corrected chi connectivity index (χ4v) is 0.534. The fraction of sp³-hybridized carbons (Fsp3) is 1.00. The van der Waals surface area contributed by atoms with Gasteiger partial charge in [0.15, 0.2) is 0 Å². The van der Waals surface area contributed by atoms with Crippen LogP contribution in [-0.4, -0.2) is 19.8 Å². The third kappa shape index (κ3) is 11.2. The highest BCUT2D eigenvalue weighted by molar-refractivity contribution is 8.93. The summed E-state index contributed by atoms with van der Waals surface area (Å²) in [5.74, 6) is 0. The Hall–Kier alpha value is 0.400. The molecule has 0 aliphatic rings. The largest absolute Gasteiger partial charge is 0.381 e. The lowest BCUT2D eigenvalue weighted by Gasteiger charge is -1.99. The topological polar surface area (TPSA) is 35.2 Å². The molecule has 0 bridgehead atoms. The Balaban J connectivity index is 0. The highest BCUT2D eigenvalue weighted by atomic mass is 79.9. The van der Waals surface area contributed by atoms with E-state index in [1.165, 1.54) is 12.8 Å². The molecule has 0 aliphatic heterocycles. The summed E-state index contributed by atoms with van der Waals surface area (Å²) in [6.07, 6.45) is 3.37. The molecule has 0 unspecified atom stereocenters. The zero-order valence-corrected chi connectivity index (χ0v) is 8.35. The van der Waals surface area contributed by atoms with Crippen molar-refractivity contribution < 1.29 is 4.74 Å². The van der Waals surface area contributed by atoms with Crippen molar-refractivity contribution in [1.29, 1.82) is 0 Å². The van der Waals surface area contributed by atoms with Gasteiger partial charge in [-0.2, -0.15) is 0 Å². The van der Waals surface area contributed by atoms with E-state index in [1.807, 2.05) is 0 Å². The van der Waals surface area contributed by atoms with E-state index in [0.29, 0.717) is 0 Å². The van der Waals surface area contributed by atoms with Crippen LogP contribution in [0.5, 0.6) is 0 Å². The quantitative estimate of drug-likeness (QED) is 0.680. The molecule has 3 heteroatoms. The van der Waals surface area contributed by atoms with Gasteiger partial charge in [-0.3, -0.25) is 0 Å². The molecule has 0 rings (SSSR count). The van der Waals surface area contributed by atoms with Crippen molar-refractivity contribution in [2.75, 3.05) is 19.8 Å². The number of ether oxygens (including phenoxy) is 1. The van der Waals surface area contributed by atoms with Gasteiger partial charge in [0, 0.05) is 13.2 Å². The van der Waals surface area contributed by atoms with Crippen LogP contribution >= 0.6 is 17.0 Å². The van der Waals surface area contributed by atoms with Crippen LogP contribution in [0.4, 0.5) is 0 Å². The van der Waals surface area contributed by atoms with E-state index in [1.54, 1.807) is 0 Å². The monoisotopic (exact) mass is 211 g/mol. The summed E-state index contributed by atoms with van der Waals surface area (Å²) in [5, 5.41) is 0. The zero-order chi connectivity index (χ0) is 6.95. The predicted octanol–water partition coefficient (Wildman–Crippen LogP) is 1.73. The first-order valence-electron chi connectivity index (χ1n) is 3.69. The van der Waals surface area contributed by atoms with Crippen LogP contribution in [0.1, 0.15) is 26.2 Å². The Morgan fingerprint density at radius 1 is 1.20 bits per heavy atom. The summed E-state index contributed by atoms with van der Waals surface area (Å²) >= 11 is 0. The molecular weight excluding hydrogens is 194 g/mol. The van der Waals surface area contributed by atoms with Gasteiger partial charge in [-0.05, 0) is 19.4 Å². The standard InChI is InChI=1S/C7H17NO.BrH/c1-2-3-6-9-7-4-5-8;/h2-8H2,1H3;1H. The van der Waals surface area contributed by atoms with E-state index in [9.17, 15) is 0 Å². The van der Waals surface area contributed by atoms with Gasteiger partial charge >= 0.3 is 0 Å². The summed E-state index contributed by atoms with van der Waals surface area (Å²) in [5.41, 5.74) is 5.26. The van der Waals surface area contributed by atoms with E-state index >= 15 is 0 Å². The van der Waals surface area contributed by atoms with Crippen LogP contribution in [0.15, 0.2) is 0 Å². The van der Waals surface area contributed by atoms with E-state index in [-0.39, 0.29) is 17.0 Å². The predicted molar refractivity (Wildman–Crippen MR) is 49.7 cm³/mol. The van der Waals surface area contributed by atoms with Gasteiger partial charge in [0.05, 0.1) is 0 Å². The minimum Gasteiger partial charge on any atom is -0.381 e. The van der Waals surface area contributed by atoms with Gasteiger partial charge in [-0.15, -0.1) is 17.0 Å². The van der Waals surface area contributed by atoms with Crippen molar-refractivity contribution in [2.45, 2.75) is 26.2 Å². The average molecular weight is 212 g/mol. The van der Waals surface area contributed by atoms with E-state index in [2.05, 4.69) is 6.92 Å². The minimum atomic E-state index is 0. The molecule has 0 radical (unpaired) electrons. The molecule has 0 heterocycles. The minimum absolute atomic E-state index is 0. The second-order valence-corrected chi connectivity index (χ2v) is 2.11. The fourth-order valence-electron chi connectivity index (χ4n) is 0.534. The summed E-state index contributed by atoms with van der Waals surface area (Å²) in [7, 11) is 0. The molecule has 2 nitrogen and oxygen atoms in total. The Kier molecular flexibility index (Phi) is 15.8. The number of nitrogens with two attached hydrogens (primary N) is 1. The van der Waals surface area contributed by atoms with Crippen molar-refractivity contribution in [2.24, 2.45) is 5.73 Å². The Morgan fingerprint density at radius 3 is 2.30 bits per heavy atom. The summed E-state index contributed by atoms with van der Waals surface area (Å²) in [4.78, 5) is 0. The molecule has 0 aromatic carbocycles. The van der Waals surface area contributed by atoms with Crippen LogP contribution in [0.25, 0.3) is 0 Å². The van der Waals surface area contributed by atoms with Crippen molar-refractivity contribution in [3.63, 3.8) is 0 Å². The molecule has 0 saturated heterocycles. The maximum absolute atomic E-state index is 5.26. The highest BCUT2D eigenvalue weighted by Gasteiger charge is 1.84. The lowest BCUT2D eigenvalue weighted by molar-refractivity contribution is 0.130. The lowest BCUT2D eigenvalue weighted by Crippen LogP contribution is -2.04. The lowest BCUT2D eigenvalue weighted by atomic mass is 10.4. The SMILES string of the molecule is Br.CCCCOCCCN. The maximum atomic E-state index is 5.26. The third-order valence-corrected chi connectivity index (χ3v) is 1.14. The van der Waals surface area contributed by atoms with Gasteiger partial charge in [-0.25, -0.2) is 0 Å². The number of unbranched alkanes of at least 4 members (excludes halogenated alkanes) is 1.